The quantitative estimate of drug-likeness (QED) is 0.860. The van der Waals surface area contributed by atoms with Crippen LogP contribution < -0.4 is 4.74 Å². The number of morpholine rings is 1. The summed E-state index contributed by atoms with van der Waals surface area (Å²) in [5, 5.41) is 8.98. The molecule has 110 valence electrons. The molecule has 0 spiro atoms. The van der Waals surface area contributed by atoms with E-state index in [0.29, 0.717) is 26.4 Å². The number of aliphatic carboxylic acids is 1. The van der Waals surface area contributed by atoms with Gasteiger partial charge in [-0.1, -0.05) is 18.2 Å². The molecule has 2 rings (SSSR count). The number of hydrogen-bond donors (Lipinski definition) is 1. The molecule has 0 aromatic heterocycles. The minimum absolute atomic E-state index is 0.0732. The first-order chi connectivity index (χ1) is 9.70. The van der Waals surface area contributed by atoms with Crippen molar-refractivity contribution < 1.29 is 19.4 Å². The van der Waals surface area contributed by atoms with Crippen molar-refractivity contribution in [2.45, 2.75) is 25.9 Å². The highest BCUT2D eigenvalue weighted by Gasteiger charge is 2.25. The van der Waals surface area contributed by atoms with Crippen LogP contribution in [0.1, 0.15) is 18.9 Å². The normalized spacial score (nSPS) is 19.8. The van der Waals surface area contributed by atoms with E-state index in [0.717, 1.165) is 17.9 Å². The number of para-hydroxylation sites is 1. The van der Waals surface area contributed by atoms with Gasteiger partial charge in [-0.05, 0) is 13.0 Å². The van der Waals surface area contributed by atoms with Crippen LogP contribution in [0.2, 0.25) is 0 Å². The molecular weight excluding hydrogens is 258 g/mol. The van der Waals surface area contributed by atoms with Crippen LogP contribution in [0.15, 0.2) is 24.3 Å². The number of ether oxygens (including phenoxy) is 2. The first-order valence-electron chi connectivity index (χ1n) is 6.95. The van der Waals surface area contributed by atoms with Gasteiger partial charge in [0.05, 0.1) is 26.2 Å². The Labute approximate surface area is 119 Å². The minimum Gasteiger partial charge on any atom is -0.494 e. The topological polar surface area (TPSA) is 59.0 Å². The molecule has 0 amide bonds. The van der Waals surface area contributed by atoms with E-state index in [1.807, 2.05) is 31.2 Å². The molecule has 5 heteroatoms. The summed E-state index contributed by atoms with van der Waals surface area (Å²) in [7, 11) is 0. The van der Waals surface area contributed by atoms with E-state index >= 15 is 0 Å². The maximum atomic E-state index is 10.9. The van der Waals surface area contributed by atoms with Gasteiger partial charge in [0, 0.05) is 24.7 Å². The highest BCUT2D eigenvalue weighted by atomic mass is 16.5. The number of carboxylic acid groups (broad SMARTS) is 1. The summed E-state index contributed by atoms with van der Waals surface area (Å²) in [5.41, 5.74) is 1.09. The summed E-state index contributed by atoms with van der Waals surface area (Å²) in [6.45, 7) is 5.14. The minimum atomic E-state index is -0.788. The number of nitrogens with zero attached hydrogens (tertiary/aromatic N) is 1. The third-order valence-corrected chi connectivity index (χ3v) is 3.41. The van der Waals surface area contributed by atoms with Gasteiger partial charge in [-0.15, -0.1) is 0 Å². The zero-order valence-electron chi connectivity index (χ0n) is 11.7. The molecule has 1 aliphatic rings. The van der Waals surface area contributed by atoms with Gasteiger partial charge in [0.25, 0.3) is 0 Å². The molecule has 20 heavy (non-hydrogen) atoms. The fourth-order valence-corrected chi connectivity index (χ4v) is 2.44. The Balaban J connectivity index is 2.08. The molecule has 1 aromatic carbocycles. The molecule has 1 unspecified atom stereocenters. The van der Waals surface area contributed by atoms with E-state index in [9.17, 15) is 4.79 Å². The molecule has 0 aliphatic carbocycles. The number of benzene rings is 1. The zero-order valence-corrected chi connectivity index (χ0v) is 11.7. The second kappa shape index (κ2) is 7.26. The average molecular weight is 279 g/mol. The average Bonchev–Trinajstić information content (AvgIpc) is 2.43. The Morgan fingerprint density at radius 1 is 1.50 bits per heavy atom. The first-order valence-corrected chi connectivity index (χ1v) is 6.95. The number of carbonyl (C=O) groups is 1. The molecule has 1 heterocycles. The number of rotatable bonds is 6. The molecule has 1 fully saturated rings. The summed E-state index contributed by atoms with van der Waals surface area (Å²) < 4.78 is 11.0. The van der Waals surface area contributed by atoms with Crippen LogP contribution in [0.5, 0.6) is 5.75 Å². The Morgan fingerprint density at radius 3 is 3.05 bits per heavy atom. The lowest BCUT2D eigenvalue weighted by Gasteiger charge is -2.35. The molecule has 1 N–H and O–H groups in total. The third-order valence-electron chi connectivity index (χ3n) is 3.41. The van der Waals surface area contributed by atoms with E-state index in [1.54, 1.807) is 0 Å². The summed E-state index contributed by atoms with van der Waals surface area (Å²) in [6.07, 6.45) is 0.108. The van der Waals surface area contributed by atoms with Gasteiger partial charge in [-0.2, -0.15) is 0 Å². The van der Waals surface area contributed by atoms with Crippen molar-refractivity contribution in [1.82, 2.24) is 4.90 Å². The SMILES string of the molecule is CCOc1ccccc1CN1CCOCC1CC(=O)O. The lowest BCUT2D eigenvalue weighted by atomic mass is 10.1. The molecule has 0 bridgehead atoms. The fraction of sp³-hybridized carbons (Fsp3) is 0.533. The van der Waals surface area contributed by atoms with Gasteiger partial charge in [0.15, 0.2) is 0 Å². The van der Waals surface area contributed by atoms with Crippen LogP contribution in [-0.2, 0) is 16.1 Å². The largest absolute Gasteiger partial charge is 0.494 e. The van der Waals surface area contributed by atoms with Gasteiger partial charge in [-0.3, -0.25) is 9.69 Å². The van der Waals surface area contributed by atoms with E-state index < -0.39 is 5.97 Å². The summed E-state index contributed by atoms with van der Waals surface area (Å²) in [4.78, 5) is 13.1. The second-order valence-corrected chi connectivity index (χ2v) is 4.84. The van der Waals surface area contributed by atoms with Crippen molar-refractivity contribution in [3.05, 3.63) is 29.8 Å². The highest BCUT2D eigenvalue weighted by molar-refractivity contribution is 5.67. The van der Waals surface area contributed by atoms with Crippen LogP contribution in [0.4, 0.5) is 0 Å². The maximum Gasteiger partial charge on any atom is 0.305 e. The third kappa shape index (κ3) is 3.95. The first kappa shape index (κ1) is 14.8. The van der Waals surface area contributed by atoms with Gasteiger partial charge in [0.2, 0.25) is 0 Å². The standard InChI is InChI=1S/C15H21NO4/c1-2-20-14-6-4-3-5-12(14)10-16-7-8-19-11-13(16)9-15(17)18/h3-6,13H,2,7-11H2,1H3,(H,17,18). The molecular formula is C15H21NO4. The van der Waals surface area contributed by atoms with Crippen LogP contribution in [-0.4, -0.2) is 48.4 Å². The molecule has 0 saturated carbocycles. The van der Waals surface area contributed by atoms with Crippen molar-refractivity contribution in [3.63, 3.8) is 0 Å². The van der Waals surface area contributed by atoms with Crippen molar-refractivity contribution in [3.8, 4) is 5.75 Å². The maximum absolute atomic E-state index is 10.9. The van der Waals surface area contributed by atoms with Crippen molar-refractivity contribution in [2.75, 3.05) is 26.4 Å². The molecule has 1 saturated heterocycles. The summed E-state index contributed by atoms with van der Waals surface area (Å²) >= 11 is 0. The number of carboxylic acids is 1. The lowest BCUT2D eigenvalue weighted by Crippen LogP contribution is -2.45. The van der Waals surface area contributed by atoms with E-state index in [2.05, 4.69) is 4.90 Å². The molecule has 5 nitrogen and oxygen atoms in total. The van der Waals surface area contributed by atoms with Gasteiger partial charge in [-0.25, -0.2) is 0 Å². The second-order valence-electron chi connectivity index (χ2n) is 4.84. The molecule has 1 aromatic rings. The van der Waals surface area contributed by atoms with Crippen LogP contribution in [0.25, 0.3) is 0 Å². The van der Waals surface area contributed by atoms with Crippen LogP contribution >= 0.6 is 0 Å². The lowest BCUT2D eigenvalue weighted by molar-refractivity contribution is -0.140. The van der Waals surface area contributed by atoms with E-state index in [1.165, 1.54) is 0 Å². The Bertz CT molecular complexity index is 449. The van der Waals surface area contributed by atoms with Gasteiger partial charge in [0.1, 0.15) is 5.75 Å². The van der Waals surface area contributed by atoms with Gasteiger partial charge >= 0.3 is 5.97 Å². The molecule has 1 atom stereocenters. The van der Waals surface area contributed by atoms with E-state index in [-0.39, 0.29) is 12.5 Å². The van der Waals surface area contributed by atoms with Gasteiger partial charge < -0.3 is 14.6 Å². The van der Waals surface area contributed by atoms with Crippen LogP contribution in [0.3, 0.4) is 0 Å². The smallest absolute Gasteiger partial charge is 0.305 e. The van der Waals surface area contributed by atoms with E-state index in [4.69, 9.17) is 14.6 Å². The van der Waals surface area contributed by atoms with Crippen molar-refractivity contribution in [1.29, 1.82) is 0 Å². The predicted octanol–water partition coefficient (Wildman–Crippen LogP) is 1.76. The summed E-state index contributed by atoms with van der Waals surface area (Å²) in [6, 6.07) is 7.83. The zero-order chi connectivity index (χ0) is 14.4. The molecule has 1 aliphatic heterocycles. The Morgan fingerprint density at radius 2 is 2.30 bits per heavy atom. The monoisotopic (exact) mass is 279 g/mol. The summed E-state index contributed by atoms with van der Waals surface area (Å²) in [5.74, 6) is 0.0826. The predicted molar refractivity (Wildman–Crippen MR) is 74.9 cm³/mol. The van der Waals surface area contributed by atoms with Crippen LogP contribution in [0, 0.1) is 0 Å². The fourth-order valence-electron chi connectivity index (χ4n) is 2.44. The molecule has 0 radical (unpaired) electrons. The number of hydrogen-bond acceptors (Lipinski definition) is 4. The van der Waals surface area contributed by atoms with Crippen molar-refractivity contribution >= 4 is 5.97 Å². The Kier molecular flexibility index (Phi) is 5.38. The Hall–Kier alpha value is -1.59. The van der Waals surface area contributed by atoms with Crippen molar-refractivity contribution in [2.24, 2.45) is 0 Å². The highest BCUT2D eigenvalue weighted by Crippen LogP contribution is 2.22.